The van der Waals surface area contributed by atoms with Gasteiger partial charge in [0.1, 0.15) is 5.75 Å². The van der Waals surface area contributed by atoms with Crippen molar-refractivity contribution >= 4 is 34.2 Å². The number of nitrogens with one attached hydrogen (secondary N) is 1. The summed E-state index contributed by atoms with van der Waals surface area (Å²) in [6.07, 6.45) is 0. The molecule has 1 aromatic heterocycles. The average Bonchev–Trinajstić information content (AvgIpc) is 2.42. The minimum Gasteiger partial charge on any atom is -0.439 e. The van der Waals surface area contributed by atoms with Crippen molar-refractivity contribution in [3.63, 3.8) is 0 Å². The Morgan fingerprint density at radius 1 is 1.29 bits per heavy atom. The summed E-state index contributed by atoms with van der Waals surface area (Å²) in [4.78, 5) is 4.47. The summed E-state index contributed by atoms with van der Waals surface area (Å²) in [5, 5.41) is 3.99. The van der Waals surface area contributed by atoms with E-state index in [1.54, 1.807) is 6.07 Å². The average molecular weight is 417 g/mol. The Balaban J connectivity index is 2.07. The Kier molecular flexibility index (Phi) is 6.26. The molecule has 0 saturated heterocycles. The molecule has 0 aliphatic carbocycles. The first-order chi connectivity index (χ1) is 10.0. The molecule has 0 bridgehead atoms. The summed E-state index contributed by atoms with van der Waals surface area (Å²) in [6, 6.07) is 11.5. The highest BCUT2D eigenvalue weighted by atomic mass is 127. The molecule has 1 heterocycles. The quantitative estimate of drug-likeness (QED) is 0.682. The monoisotopic (exact) mass is 416 g/mol. The number of ether oxygens (including phenoxy) is 1. The highest BCUT2D eigenvalue weighted by molar-refractivity contribution is 14.1. The van der Waals surface area contributed by atoms with Crippen LogP contribution < -0.4 is 10.1 Å². The Bertz CT molecular complexity index is 605. The van der Waals surface area contributed by atoms with Crippen LogP contribution >= 0.6 is 34.2 Å². The van der Waals surface area contributed by atoms with Crippen molar-refractivity contribution in [3.8, 4) is 11.6 Å². The molecular formula is C16H18ClIN2O. The molecule has 2 rings (SSSR count). The highest BCUT2D eigenvalue weighted by Gasteiger charge is 2.06. The number of halogens is 2. The topological polar surface area (TPSA) is 34.2 Å². The lowest BCUT2D eigenvalue weighted by Crippen LogP contribution is -2.19. The summed E-state index contributed by atoms with van der Waals surface area (Å²) in [6.45, 7) is 5.90. The number of rotatable bonds is 6. The maximum Gasteiger partial charge on any atom is 0.219 e. The van der Waals surface area contributed by atoms with Crippen LogP contribution in [-0.4, -0.2) is 11.5 Å². The maximum atomic E-state index is 6.18. The molecule has 0 saturated carbocycles. The fourth-order valence-corrected chi connectivity index (χ4v) is 2.46. The Morgan fingerprint density at radius 3 is 2.81 bits per heavy atom. The molecule has 0 fully saturated rings. The molecule has 0 amide bonds. The van der Waals surface area contributed by atoms with Gasteiger partial charge in [-0.05, 0) is 59.3 Å². The molecule has 2 aromatic rings. The van der Waals surface area contributed by atoms with Gasteiger partial charge in [0.15, 0.2) is 0 Å². The van der Waals surface area contributed by atoms with Crippen LogP contribution in [0.5, 0.6) is 11.6 Å². The molecule has 0 spiro atoms. The second-order valence-electron chi connectivity index (χ2n) is 5.16. The third-order valence-electron chi connectivity index (χ3n) is 2.76. The fraction of sp³-hybridized carbons (Fsp3) is 0.312. The van der Waals surface area contributed by atoms with E-state index in [1.807, 2.05) is 30.3 Å². The van der Waals surface area contributed by atoms with E-state index in [2.05, 4.69) is 46.7 Å². The zero-order valence-corrected chi connectivity index (χ0v) is 15.0. The number of benzene rings is 1. The largest absolute Gasteiger partial charge is 0.439 e. The van der Waals surface area contributed by atoms with Gasteiger partial charge in [-0.25, -0.2) is 4.98 Å². The molecule has 0 aliphatic rings. The van der Waals surface area contributed by atoms with Crippen LogP contribution in [0.4, 0.5) is 0 Å². The van der Waals surface area contributed by atoms with E-state index >= 15 is 0 Å². The molecule has 0 atom stereocenters. The van der Waals surface area contributed by atoms with Gasteiger partial charge in [-0.1, -0.05) is 31.5 Å². The lowest BCUT2D eigenvalue weighted by Gasteiger charge is -2.10. The van der Waals surface area contributed by atoms with Crippen LogP contribution in [0.1, 0.15) is 19.5 Å². The summed E-state index contributed by atoms with van der Waals surface area (Å²) >= 11 is 8.43. The Labute approximate surface area is 144 Å². The zero-order valence-electron chi connectivity index (χ0n) is 12.1. The zero-order chi connectivity index (χ0) is 15.2. The minimum atomic E-state index is 0.558. The van der Waals surface area contributed by atoms with Crippen LogP contribution in [0, 0.1) is 9.49 Å². The molecule has 1 N–H and O–H groups in total. The molecule has 3 nitrogen and oxygen atoms in total. The molecule has 5 heteroatoms. The second kappa shape index (κ2) is 7.96. The molecule has 0 unspecified atom stereocenters. The van der Waals surface area contributed by atoms with Gasteiger partial charge in [0.25, 0.3) is 0 Å². The van der Waals surface area contributed by atoms with E-state index in [-0.39, 0.29) is 0 Å². The Morgan fingerprint density at radius 2 is 2.10 bits per heavy atom. The van der Waals surface area contributed by atoms with Crippen LogP contribution in [0.3, 0.4) is 0 Å². The van der Waals surface area contributed by atoms with Crippen molar-refractivity contribution in [3.05, 3.63) is 50.7 Å². The summed E-state index contributed by atoms with van der Waals surface area (Å²) in [7, 11) is 0. The van der Waals surface area contributed by atoms with E-state index < -0.39 is 0 Å². The number of aromatic nitrogens is 1. The standard InChI is InChI=1S/C16H18ClIN2O/c1-11(2)9-19-10-15-14(17)6-7-16(20-15)21-13-5-3-4-12(18)8-13/h3-8,11,19H,9-10H2,1-2H3. The van der Waals surface area contributed by atoms with Gasteiger partial charge in [-0.15, -0.1) is 0 Å². The third-order valence-corrected chi connectivity index (χ3v) is 3.77. The fourth-order valence-electron chi connectivity index (χ4n) is 1.78. The van der Waals surface area contributed by atoms with Gasteiger partial charge in [-0.2, -0.15) is 0 Å². The van der Waals surface area contributed by atoms with E-state index in [0.29, 0.717) is 23.4 Å². The first-order valence-corrected chi connectivity index (χ1v) is 8.30. The van der Waals surface area contributed by atoms with Gasteiger partial charge in [0.05, 0.1) is 10.7 Å². The minimum absolute atomic E-state index is 0.558. The molecule has 112 valence electrons. The highest BCUT2D eigenvalue weighted by Crippen LogP contribution is 2.24. The lowest BCUT2D eigenvalue weighted by molar-refractivity contribution is 0.458. The van der Waals surface area contributed by atoms with Crippen molar-refractivity contribution in [1.29, 1.82) is 0 Å². The van der Waals surface area contributed by atoms with Crippen LogP contribution in [0.15, 0.2) is 36.4 Å². The third kappa shape index (κ3) is 5.45. The summed E-state index contributed by atoms with van der Waals surface area (Å²) in [5.41, 5.74) is 0.806. The molecule has 0 aliphatic heterocycles. The molecule has 21 heavy (non-hydrogen) atoms. The van der Waals surface area contributed by atoms with Crippen molar-refractivity contribution < 1.29 is 4.74 Å². The summed E-state index contributed by atoms with van der Waals surface area (Å²) < 4.78 is 6.90. The van der Waals surface area contributed by atoms with Crippen molar-refractivity contribution in [2.75, 3.05) is 6.54 Å². The summed E-state index contributed by atoms with van der Waals surface area (Å²) in [5.74, 6) is 1.93. The second-order valence-corrected chi connectivity index (χ2v) is 6.82. The first-order valence-electron chi connectivity index (χ1n) is 6.84. The van der Waals surface area contributed by atoms with Crippen LogP contribution in [0.2, 0.25) is 5.02 Å². The van der Waals surface area contributed by atoms with E-state index in [1.165, 1.54) is 0 Å². The normalized spacial score (nSPS) is 10.9. The van der Waals surface area contributed by atoms with Crippen molar-refractivity contribution in [2.24, 2.45) is 5.92 Å². The number of hydrogen-bond acceptors (Lipinski definition) is 3. The number of hydrogen-bond donors (Lipinski definition) is 1. The molecular weight excluding hydrogens is 399 g/mol. The Hall–Kier alpha value is -0.850. The van der Waals surface area contributed by atoms with Crippen LogP contribution in [0.25, 0.3) is 0 Å². The smallest absolute Gasteiger partial charge is 0.219 e. The maximum absolute atomic E-state index is 6.18. The van der Waals surface area contributed by atoms with Gasteiger partial charge in [-0.3, -0.25) is 0 Å². The van der Waals surface area contributed by atoms with E-state index in [0.717, 1.165) is 21.6 Å². The number of pyridine rings is 1. The van der Waals surface area contributed by atoms with Gasteiger partial charge >= 0.3 is 0 Å². The number of nitrogens with zero attached hydrogens (tertiary/aromatic N) is 1. The first kappa shape index (κ1) is 16.5. The SMILES string of the molecule is CC(C)CNCc1nc(Oc2cccc(I)c2)ccc1Cl. The van der Waals surface area contributed by atoms with E-state index in [9.17, 15) is 0 Å². The van der Waals surface area contributed by atoms with Gasteiger partial charge in [0.2, 0.25) is 5.88 Å². The lowest BCUT2D eigenvalue weighted by atomic mass is 10.2. The van der Waals surface area contributed by atoms with Crippen molar-refractivity contribution in [1.82, 2.24) is 10.3 Å². The van der Waals surface area contributed by atoms with Crippen LogP contribution in [-0.2, 0) is 6.54 Å². The van der Waals surface area contributed by atoms with Gasteiger partial charge in [0, 0.05) is 16.2 Å². The van der Waals surface area contributed by atoms with Gasteiger partial charge < -0.3 is 10.1 Å². The molecule has 1 aromatic carbocycles. The predicted octanol–water partition coefficient (Wildman–Crippen LogP) is 4.88. The van der Waals surface area contributed by atoms with Crippen molar-refractivity contribution in [2.45, 2.75) is 20.4 Å². The predicted molar refractivity (Wildman–Crippen MR) is 95.0 cm³/mol. The molecule has 0 radical (unpaired) electrons. The van der Waals surface area contributed by atoms with E-state index in [4.69, 9.17) is 16.3 Å².